The lowest BCUT2D eigenvalue weighted by Crippen LogP contribution is -2.20. The molecular weight excluding hydrogens is 146 g/mol. The summed E-state index contributed by atoms with van der Waals surface area (Å²) in [5.74, 6) is -0.372. The Balaban J connectivity index is 3.25. The zero-order valence-electron chi connectivity index (χ0n) is 6.85. The van der Waals surface area contributed by atoms with Crippen LogP contribution in [0.15, 0.2) is 12.2 Å². The SMILES string of the molecule is C=C(C)C(=O)OCCNOC. The van der Waals surface area contributed by atoms with Crippen molar-refractivity contribution >= 4 is 5.97 Å². The first kappa shape index (κ1) is 10.1. The second-order valence-electron chi connectivity index (χ2n) is 2.01. The van der Waals surface area contributed by atoms with Crippen molar-refractivity contribution in [1.82, 2.24) is 5.48 Å². The molecule has 0 atom stereocenters. The van der Waals surface area contributed by atoms with E-state index >= 15 is 0 Å². The maximum absolute atomic E-state index is 10.7. The second-order valence-corrected chi connectivity index (χ2v) is 2.01. The molecule has 64 valence electrons. The third-order valence-electron chi connectivity index (χ3n) is 0.930. The van der Waals surface area contributed by atoms with Crippen LogP contribution < -0.4 is 5.48 Å². The highest BCUT2D eigenvalue weighted by Gasteiger charge is 2.00. The van der Waals surface area contributed by atoms with Crippen LogP contribution in [0.3, 0.4) is 0 Å². The molecule has 0 spiro atoms. The van der Waals surface area contributed by atoms with Gasteiger partial charge in [-0.2, -0.15) is 5.48 Å². The Kier molecular flexibility index (Phi) is 5.42. The van der Waals surface area contributed by atoms with Gasteiger partial charge in [-0.15, -0.1) is 0 Å². The Morgan fingerprint density at radius 1 is 1.64 bits per heavy atom. The minimum Gasteiger partial charge on any atom is -0.461 e. The summed E-state index contributed by atoms with van der Waals surface area (Å²) in [6.45, 7) is 5.80. The summed E-state index contributed by atoms with van der Waals surface area (Å²) in [5.41, 5.74) is 2.94. The molecule has 4 heteroatoms. The van der Waals surface area contributed by atoms with Crippen molar-refractivity contribution in [3.8, 4) is 0 Å². The van der Waals surface area contributed by atoms with Gasteiger partial charge in [0.1, 0.15) is 6.61 Å². The number of carbonyl (C=O) groups is 1. The molecule has 0 fully saturated rings. The molecule has 0 aliphatic carbocycles. The van der Waals surface area contributed by atoms with Gasteiger partial charge in [0, 0.05) is 5.57 Å². The molecule has 0 amide bonds. The van der Waals surface area contributed by atoms with E-state index in [0.29, 0.717) is 18.7 Å². The maximum atomic E-state index is 10.7. The first-order chi connectivity index (χ1) is 5.18. The summed E-state index contributed by atoms with van der Waals surface area (Å²) in [5, 5.41) is 0. The van der Waals surface area contributed by atoms with Crippen LogP contribution in [0.5, 0.6) is 0 Å². The van der Waals surface area contributed by atoms with Gasteiger partial charge in [-0.25, -0.2) is 4.79 Å². The molecular formula is C7H13NO3. The lowest BCUT2D eigenvalue weighted by atomic mass is 10.4. The lowest BCUT2D eigenvalue weighted by molar-refractivity contribution is -0.139. The molecule has 0 saturated carbocycles. The lowest BCUT2D eigenvalue weighted by Gasteiger charge is -2.03. The highest BCUT2D eigenvalue weighted by Crippen LogP contribution is 1.90. The minimum atomic E-state index is -0.372. The predicted molar refractivity (Wildman–Crippen MR) is 40.8 cm³/mol. The van der Waals surface area contributed by atoms with Crippen LogP contribution in [-0.4, -0.2) is 26.2 Å². The molecule has 0 rings (SSSR count). The van der Waals surface area contributed by atoms with Gasteiger partial charge in [-0.05, 0) is 6.92 Å². The summed E-state index contributed by atoms with van der Waals surface area (Å²) < 4.78 is 4.72. The van der Waals surface area contributed by atoms with Gasteiger partial charge in [0.2, 0.25) is 0 Å². The molecule has 0 radical (unpaired) electrons. The average Bonchev–Trinajstić information content (AvgIpc) is 1.97. The van der Waals surface area contributed by atoms with E-state index in [1.165, 1.54) is 7.11 Å². The molecule has 4 nitrogen and oxygen atoms in total. The number of nitrogens with one attached hydrogen (secondary N) is 1. The van der Waals surface area contributed by atoms with E-state index in [9.17, 15) is 4.79 Å². The number of ether oxygens (including phenoxy) is 1. The van der Waals surface area contributed by atoms with Gasteiger partial charge in [-0.3, -0.25) is 0 Å². The van der Waals surface area contributed by atoms with Crippen LogP contribution in [0.2, 0.25) is 0 Å². The molecule has 11 heavy (non-hydrogen) atoms. The molecule has 0 aliphatic rings. The van der Waals surface area contributed by atoms with Crippen molar-refractivity contribution in [2.24, 2.45) is 0 Å². The van der Waals surface area contributed by atoms with Crippen LogP contribution in [0.25, 0.3) is 0 Å². The van der Waals surface area contributed by atoms with E-state index in [2.05, 4.69) is 16.9 Å². The fourth-order valence-corrected chi connectivity index (χ4v) is 0.411. The van der Waals surface area contributed by atoms with Crippen molar-refractivity contribution in [3.05, 3.63) is 12.2 Å². The van der Waals surface area contributed by atoms with E-state index in [1.54, 1.807) is 6.92 Å². The van der Waals surface area contributed by atoms with Gasteiger partial charge >= 0.3 is 5.97 Å². The largest absolute Gasteiger partial charge is 0.461 e. The summed E-state index contributed by atoms with van der Waals surface area (Å²) in [6.07, 6.45) is 0. The van der Waals surface area contributed by atoms with Crippen LogP contribution in [0.4, 0.5) is 0 Å². The number of carbonyl (C=O) groups excluding carboxylic acids is 1. The number of hydroxylamine groups is 1. The topological polar surface area (TPSA) is 47.6 Å². The van der Waals surface area contributed by atoms with Crippen molar-refractivity contribution in [3.63, 3.8) is 0 Å². The third kappa shape index (κ3) is 5.57. The zero-order chi connectivity index (χ0) is 8.69. The normalized spacial score (nSPS) is 9.27. The van der Waals surface area contributed by atoms with E-state index in [0.717, 1.165) is 0 Å². The zero-order valence-corrected chi connectivity index (χ0v) is 6.85. The molecule has 0 bridgehead atoms. The quantitative estimate of drug-likeness (QED) is 0.270. The number of hydrogen-bond acceptors (Lipinski definition) is 4. The Morgan fingerprint density at radius 2 is 2.27 bits per heavy atom. The van der Waals surface area contributed by atoms with Gasteiger partial charge in [-0.1, -0.05) is 6.58 Å². The first-order valence-corrected chi connectivity index (χ1v) is 3.27. The minimum absolute atomic E-state index is 0.291. The Morgan fingerprint density at radius 3 is 2.73 bits per heavy atom. The molecule has 0 aromatic carbocycles. The fourth-order valence-electron chi connectivity index (χ4n) is 0.411. The number of rotatable bonds is 5. The van der Waals surface area contributed by atoms with Crippen LogP contribution in [0.1, 0.15) is 6.92 Å². The fraction of sp³-hybridized carbons (Fsp3) is 0.571. The van der Waals surface area contributed by atoms with E-state index < -0.39 is 0 Å². The Labute approximate surface area is 66.1 Å². The van der Waals surface area contributed by atoms with Crippen molar-refractivity contribution in [2.75, 3.05) is 20.3 Å². The molecule has 0 aromatic rings. The summed E-state index contributed by atoms with van der Waals surface area (Å²) in [4.78, 5) is 15.2. The summed E-state index contributed by atoms with van der Waals surface area (Å²) >= 11 is 0. The predicted octanol–water partition coefficient (Wildman–Crippen LogP) is 0.257. The maximum Gasteiger partial charge on any atom is 0.333 e. The smallest absolute Gasteiger partial charge is 0.333 e. The third-order valence-corrected chi connectivity index (χ3v) is 0.930. The van der Waals surface area contributed by atoms with E-state index in [4.69, 9.17) is 4.74 Å². The van der Waals surface area contributed by atoms with Crippen LogP contribution >= 0.6 is 0 Å². The van der Waals surface area contributed by atoms with Gasteiger partial charge in [0.25, 0.3) is 0 Å². The summed E-state index contributed by atoms with van der Waals surface area (Å²) in [6, 6.07) is 0. The Hall–Kier alpha value is -0.870. The highest BCUT2D eigenvalue weighted by molar-refractivity contribution is 5.86. The standard InChI is InChI=1S/C7H13NO3/c1-6(2)7(9)11-5-4-8-10-3/h8H,1,4-5H2,2-3H3. The first-order valence-electron chi connectivity index (χ1n) is 3.27. The van der Waals surface area contributed by atoms with Gasteiger partial charge < -0.3 is 9.57 Å². The van der Waals surface area contributed by atoms with Crippen LogP contribution in [-0.2, 0) is 14.4 Å². The van der Waals surface area contributed by atoms with Crippen molar-refractivity contribution < 1.29 is 14.4 Å². The molecule has 0 aliphatic heterocycles. The van der Waals surface area contributed by atoms with Gasteiger partial charge in [0.15, 0.2) is 0 Å². The van der Waals surface area contributed by atoms with E-state index in [-0.39, 0.29) is 5.97 Å². The van der Waals surface area contributed by atoms with Gasteiger partial charge in [0.05, 0.1) is 13.7 Å². The molecule has 0 aromatic heterocycles. The molecule has 1 N–H and O–H groups in total. The molecule has 0 unspecified atom stereocenters. The Bertz CT molecular complexity index is 145. The number of esters is 1. The highest BCUT2D eigenvalue weighted by atomic mass is 16.6. The van der Waals surface area contributed by atoms with Crippen molar-refractivity contribution in [1.29, 1.82) is 0 Å². The number of hydrogen-bond donors (Lipinski definition) is 1. The van der Waals surface area contributed by atoms with Crippen molar-refractivity contribution in [2.45, 2.75) is 6.92 Å². The molecule has 0 heterocycles. The monoisotopic (exact) mass is 159 g/mol. The summed E-state index contributed by atoms with van der Waals surface area (Å²) in [7, 11) is 1.50. The molecule has 0 saturated heterocycles. The average molecular weight is 159 g/mol. The van der Waals surface area contributed by atoms with Crippen LogP contribution in [0, 0.1) is 0 Å². The van der Waals surface area contributed by atoms with E-state index in [1.807, 2.05) is 0 Å². The second kappa shape index (κ2) is 5.88.